The maximum absolute atomic E-state index is 13.5. The lowest BCUT2D eigenvalue weighted by Crippen LogP contribution is -2.30. The molecule has 3 unspecified atom stereocenters. The van der Waals surface area contributed by atoms with Crippen molar-refractivity contribution in [1.82, 2.24) is 0 Å². The Labute approximate surface area is 86.7 Å². The third-order valence-corrected chi connectivity index (χ3v) is 2.85. The van der Waals surface area contributed by atoms with Crippen molar-refractivity contribution in [2.24, 2.45) is 11.0 Å². The van der Waals surface area contributed by atoms with Crippen LogP contribution in [-0.2, 0) is 0 Å². The van der Waals surface area contributed by atoms with Gasteiger partial charge in [0.05, 0.1) is 0 Å². The minimum atomic E-state index is -1.21. The lowest BCUT2D eigenvalue weighted by molar-refractivity contribution is 0.241. The van der Waals surface area contributed by atoms with Crippen LogP contribution in [0, 0.1) is 11.4 Å². The summed E-state index contributed by atoms with van der Waals surface area (Å²) in [5.41, 5.74) is 6.85. The molecular formula is C8H10ClFN2S. The normalized spacial score (nSPS) is 30.5. The molecule has 0 saturated carbocycles. The SMILES string of the molecule is N=NC(C=S)C1CCC=C(Cl)C1F. The average molecular weight is 221 g/mol. The third kappa shape index (κ3) is 2.31. The van der Waals surface area contributed by atoms with Crippen molar-refractivity contribution >= 4 is 29.2 Å². The van der Waals surface area contributed by atoms with Gasteiger partial charge in [0.1, 0.15) is 12.2 Å². The van der Waals surface area contributed by atoms with Gasteiger partial charge in [0, 0.05) is 16.3 Å². The van der Waals surface area contributed by atoms with Crippen molar-refractivity contribution in [3.8, 4) is 0 Å². The smallest absolute Gasteiger partial charge is 0.140 e. The Morgan fingerprint density at radius 3 is 3.08 bits per heavy atom. The first-order chi connectivity index (χ1) is 6.20. The van der Waals surface area contributed by atoms with Crippen LogP contribution in [0.2, 0.25) is 0 Å². The lowest BCUT2D eigenvalue weighted by atomic mass is 9.87. The molecule has 0 aliphatic heterocycles. The number of hydrogen-bond donors (Lipinski definition) is 1. The van der Waals surface area contributed by atoms with Gasteiger partial charge in [-0.25, -0.2) is 9.92 Å². The molecule has 0 fully saturated rings. The van der Waals surface area contributed by atoms with E-state index >= 15 is 0 Å². The van der Waals surface area contributed by atoms with Crippen LogP contribution in [0.5, 0.6) is 0 Å². The summed E-state index contributed by atoms with van der Waals surface area (Å²) in [4.78, 5) is 0. The Balaban J connectivity index is 2.75. The zero-order chi connectivity index (χ0) is 9.84. The Bertz CT molecular complexity index is 236. The van der Waals surface area contributed by atoms with Gasteiger partial charge in [0.2, 0.25) is 0 Å². The maximum atomic E-state index is 13.5. The minimum absolute atomic E-state index is 0.224. The molecule has 0 saturated heterocycles. The molecule has 1 aliphatic rings. The summed E-state index contributed by atoms with van der Waals surface area (Å²) in [5, 5.41) is 4.84. The summed E-state index contributed by atoms with van der Waals surface area (Å²) >= 11 is 10.3. The van der Waals surface area contributed by atoms with E-state index in [1.807, 2.05) is 0 Å². The zero-order valence-electron chi connectivity index (χ0n) is 6.91. The third-order valence-electron chi connectivity index (χ3n) is 2.21. The van der Waals surface area contributed by atoms with Gasteiger partial charge >= 0.3 is 0 Å². The van der Waals surface area contributed by atoms with Gasteiger partial charge in [0.15, 0.2) is 0 Å². The topological polar surface area (TPSA) is 36.2 Å². The van der Waals surface area contributed by atoms with Crippen LogP contribution in [0.3, 0.4) is 0 Å². The van der Waals surface area contributed by atoms with Gasteiger partial charge in [-0.05, 0) is 12.8 Å². The van der Waals surface area contributed by atoms with Crippen molar-refractivity contribution in [2.45, 2.75) is 25.1 Å². The van der Waals surface area contributed by atoms with Gasteiger partial charge in [0.25, 0.3) is 0 Å². The predicted octanol–water partition coefficient (Wildman–Crippen LogP) is 3.26. The first kappa shape index (κ1) is 10.7. The monoisotopic (exact) mass is 220 g/mol. The molecule has 1 N–H and O–H groups in total. The Morgan fingerprint density at radius 1 is 1.85 bits per heavy atom. The fourth-order valence-electron chi connectivity index (χ4n) is 1.45. The molecule has 0 spiro atoms. The second-order valence-corrected chi connectivity index (χ2v) is 3.70. The van der Waals surface area contributed by atoms with E-state index in [1.54, 1.807) is 6.08 Å². The number of rotatable bonds is 3. The summed E-state index contributed by atoms with van der Waals surface area (Å²) < 4.78 is 13.5. The molecule has 1 rings (SSSR count). The fourth-order valence-corrected chi connectivity index (χ4v) is 1.98. The molecule has 2 nitrogen and oxygen atoms in total. The quantitative estimate of drug-likeness (QED) is 0.575. The molecular weight excluding hydrogens is 211 g/mol. The van der Waals surface area contributed by atoms with Crippen molar-refractivity contribution in [3.05, 3.63) is 11.1 Å². The Kier molecular flexibility index (Phi) is 3.93. The van der Waals surface area contributed by atoms with E-state index in [0.29, 0.717) is 6.42 Å². The second-order valence-electron chi connectivity index (χ2n) is 2.99. The number of nitrogens with zero attached hydrogens (tertiary/aromatic N) is 1. The highest BCUT2D eigenvalue weighted by Gasteiger charge is 2.32. The largest absolute Gasteiger partial charge is 0.241 e. The average Bonchev–Trinajstić information content (AvgIpc) is 2.14. The highest BCUT2D eigenvalue weighted by molar-refractivity contribution is 7.79. The number of alkyl halides is 1. The highest BCUT2D eigenvalue weighted by atomic mass is 35.5. The van der Waals surface area contributed by atoms with Gasteiger partial charge in [-0.15, -0.1) is 0 Å². The minimum Gasteiger partial charge on any atom is -0.241 e. The summed E-state index contributed by atoms with van der Waals surface area (Å²) in [6, 6.07) is -0.521. The zero-order valence-corrected chi connectivity index (χ0v) is 8.48. The van der Waals surface area contributed by atoms with Gasteiger partial charge in [-0.1, -0.05) is 29.9 Å². The number of hydrogen-bond acceptors (Lipinski definition) is 3. The number of allylic oxidation sites excluding steroid dienone is 2. The maximum Gasteiger partial charge on any atom is 0.140 e. The van der Waals surface area contributed by atoms with Gasteiger partial charge < -0.3 is 0 Å². The van der Waals surface area contributed by atoms with Gasteiger partial charge in [-0.3, -0.25) is 0 Å². The molecule has 72 valence electrons. The van der Waals surface area contributed by atoms with E-state index in [4.69, 9.17) is 17.1 Å². The standard InChI is InChI=1S/C8H10ClFN2S/c9-6-3-1-2-5(8(6)10)7(4-13)12-11/h3-5,7-8,11H,1-2H2. The van der Waals surface area contributed by atoms with Crippen molar-refractivity contribution in [3.63, 3.8) is 0 Å². The highest BCUT2D eigenvalue weighted by Crippen LogP contribution is 2.32. The molecule has 0 aromatic carbocycles. The molecule has 5 heteroatoms. The van der Waals surface area contributed by atoms with E-state index in [-0.39, 0.29) is 11.0 Å². The van der Waals surface area contributed by atoms with Crippen LogP contribution in [0.25, 0.3) is 0 Å². The molecule has 0 aromatic rings. The second kappa shape index (κ2) is 4.77. The molecule has 0 amide bonds. The fraction of sp³-hybridized carbons (Fsp3) is 0.625. The van der Waals surface area contributed by atoms with Crippen LogP contribution >= 0.6 is 23.8 Å². The first-order valence-electron chi connectivity index (χ1n) is 4.02. The summed E-state index contributed by atoms with van der Waals surface area (Å²) in [5.74, 6) is -0.354. The lowest BCUT2D eigenvalue weighted by Gasteiger charge is -2.26. The van der Waals surface area contributed by atoms with Crippen molar-refractivity contribution in [2.75, 3.05) is 0 Å². The number of nitrogens with one attached hydrogen (secondary N) is 1. The predicted molar refractivity (Wildman–Crippen MR) is 54.1 cm³/mol. The van der Waals surface area contributed by atoms with Crippen molar-refractivity contribution in [1.29, 1.82) is 5.53 Å². The molecule has 3 atom stereocenters. The van der Waals surface area contributed by atoms with E-state index in [9.17, 15) is 4.39 Å². The number of halogens is 2. The van der Waals surface area contributed by atoms with Crippen LogP contribution in [0.15, 0.2) is 16.2 Å². The summed E-state index contributed by atoms with van der Waals surface area (Å²) in [6.07, 6.45) is 1.85. The molecule has 0 aromatic heterocycles. The van der Waals surface area contributed by atoms with Crippen LogP contribution in [-0.4, -0.2) is 17.6 Å². The van der Waals surface area contributed by atoms with Crippen molar-refractivity contribution < 1.29 is 4.39 Å². The van der Waals surface area contributed by atoms with E-state index in [2.05, 4.69) is 17.3 Å². The molecule has 0 radical (unpaired) electrons. The van der Waals surface area contributed by atoms with E-state index in [0.717, 1.165) is 6.42 Å². The number of thiocarbonyl (C=S) groups is 1. The van der Waals surface area contributed by atoms with E-state index < -0.39 is 12.2 Å². The van der Waals surface area contributed by atoms with Crippen LogP contribution in [0.1, 0.15) is 12.8 Å². The summed E-state index contributed by atoms with van der Waals surface area (Å²) in [7, 11) is 0. The Morgan fingerprint density at radius 2 is 2.54 bits per heavy atom. The first-order valence-corrected chi connectivity index (χ1v) is 4.87. The molecule has 0 heterocycles. The van der Waals surface area contributed by atoms with Crippen LogP contribution in [0.4, 0.5) is 4.39 Å². The van der Waals surface area contributed by atoms with Crippen LogP contribution < -0.4 is 0 Å². The molecule has 1 aliphatic carbocycles. The van der Waals surface area contributed by atoms with E-state index in [1.165, 1.54) is 5.37 Å². The molecule has 0 bridgehead atoms. The Hall–Kier alpha value is -0.350. The van der Waals surface area contributed by atoms with Gasteiger partial charge in [-0.2, -0.15) is 5.11 Å². The molecule has 13 heavy (non-hydrogen) atoms. The summed E-state index contributed by atoms with van der Waals surface area (Å²) in [6.45, 7) is 0.